The van der Waals surface area contributed by atoms with E-state index in [9.17, 15) is 32.3 Å². The topological polar surface area (TPSA) is 88.5 Å². The van der Waals surface area contributed by atoms with Gasteiger partial charge in [-0.15, -0.1) is 0 Å². The average molecular weight is 665 g/mol. The van der Waals surface area contributed by atoms with Crippen LogP contribution in [0.4, 0.5) is 24.5 Å². The van der Waals surface area contributed by atoms with Gasteiger partial charge in [-0.05, 0) is 35.9 Å². The first-order valence-electron chi connectivity index (χ1n) is 12.7. The maximum Gasteiger partial charge on any atom is 0.418 e. The van der Waals surface area contributed by atoms with Gasteiger partial charge in [-0.25, -0.2) is 4.90 Å². The predicted molar refractivity (Wildman–Crippen MR) is 159 cm³/mol. The molecule has 0 radical (unpaired) electrons. The number of hydrogen-bond donors (Lipinski definition) is 1. The molecule has 0 spiro atoms. The Morgan fingerprint density at radius 1 is 0.907 bits per heavy atom. The van der Waals surface area contributed by atoms with Crippen molar-refractivity contribution in [3.63, 3.8) is 0 Å². The van der Waals surface area contributed by atoms with E-state index >= 15 is 0 Å². The zero-order valence-electron chi connectivity index (χ0n) is 21.6. The van der Waals surface area contributed by atoms with Crippen LogP contribution in [0.1, 0.15) is 21.9 Å². The van der Waals surface area contributed by atoms with E-state index in [1.54, 1.807) is 48.5 Å². The second-order valence-electron chi connectivity index (χ2n) is 9.75. The fraction of sp³-hybridized carbons (Fsp3) is 0.172. The zero-order valence-corrected chi connectivity index (χ0v) is 24.7. The Morgan fingerprint density at radius 3 is 2.33 bits per heavy atom. The van der Waals surface area contributed by atoms with Gasteiger partial charge in [-0.2, -0.15) is 13.2 Å². The van der Waals surface area contributed by atoms with E-state index in [0.717, 1.165) is 44.7 Å². The molecule has 220 valence electrons. The maximum absolute atomic E-state index is 13.9. The van der Waals surface area contributed by atoms with Crippen molar-refractivity contribution >= 4 is 75.4 Å². The quantitative estimate of drug-likeness (QED) is 0.241. The van der Waals surface area contributed by atoms with Crippen LogP contribution in [0.3, 0.4) is 0 Å². The molecule has 4 aromatic rings. The maximum atomic E-state index is 13.9. The summed E-state index contributed by atoms with van der Waals surface area (Å²) in [5, 5.41) is 1.89. The molecule has 0 aliphatic carbocycles. The van der Waals surface area contributed by atoms with Crippen molar-refractivity contribution in [3.05, 3.63) is 109 Å². The van der Waals surface area contributed by atoms with E-state index in [4.69, 9.17) is 23.2 Å². The molecule has 2 unspecified atom stereocenters. The van der Waals surface area contributed by atoms with Crippen LogP contribution in [0.15, 0.2) is 82.6 Å². The third kappa shape index (κ3) is 5.16. The minimum absolute atomic E-state index is 0.151. The molecular formula is C29H18Cl2F3N3O4S2. The molecular weight excluding hydrogens is 646 g/mol. The van der Waals surface area contributed by atoms with Gasteiger partial charge in [0.1, 0.15) is 11.8 Å². The van der Waals surface area contributed by atoms with E-state index in [1.807, 2.05) is 0 Å². The Kier molecular flexibility index (Phi) is 7.66. The molecule has 43 heavy (non-hydrogen) atoms. The number of imide groups is 1. The first-order valence-corrected chi connectivity index (χ1v) is 15.2. The Balaban J connectivity index is 1.42. The van der Waals surface area contributed by atoms with Crippen LogP contribution < -0.4 is 15.1 Å². The third-order valence-electron chi connectivity index (χ3n) is 7.19. The highest BCUT2D eigenvalue weighted by atomic mass is 35.5. The number of benzene rings is 3. The van der Waals surface area contributed by atoms with E-state index in [0.29, 0.717) is 16.1 Å². The number of anilines is 2. The number of nitrogens with one attached hydrogen (secondary N) is 1. The fourth-order valence-electron chi connectivity index (χ4n) is 5.36. The smallest absolute Gasteiger partial charge is 0.324 e. The summed E-state index contributed by atoms with van der Waals surface area (Å²) >= 11 is 14.7. The second-order valence-corrected chi connectivity index (χ2v) is 12.7. The SMILES string of the molecule is O=C(Cn1c2c(sc1=O)[C@H](c1cccc(Cl)c1Cl)C1C(=O)N(c3ccccc3)C(=O)C1S2)Nc1ccccc1C(F)(F)F. The number of fused-ring (bicyclic) bond motifs is 2. The van der Waals surface area contributed by atoms with Crippen molar-refractivity contribution in [2.75, 3.05) is 10.2 Å². The summed E-state index contributed by atoms with van der Waals surface area (Å²) in [6.07, 6.45) is -4.71. The summed E-state index contributed by atoms with van der Waals surface area (Å²) in [7, 11) is 0. The number of alkyl halides is 3. The van der Waals surface area contributed by atoms with Crippen LogP contribution >= 0.6 is 46.3 Å². The molecule has 3 atom stereocenters. The molecule has 7 nitrogen and oxygen atoms in total. The van der Waals surface area contributed by atoms with Crippen LogP contribution in [0, 0.1) is 5.92 Å². The molecule has 0 bridgehead atoms. The Hall–Kier alpha value is -3.58. The number of aromatic nitrogens is 1. The third-order valence-corrected chi connectivity index (χ3v) is 10.6. The van der Waals surface area contributed by atoms with Gasteiger partial charge in [0.15, 0.2) is 0 Å². The first kappa shape index (κ1) is 29.5. The summed E-state index contributed by atoms with van der Waals surface area (Å²) in [6, 6.07) is 17.8. The highest BCUT2D eigenvalue weighted by Crippen LogP contribution is 2.55. The van der Waals surface area contributed by atoms with E-state index in [2.05, 4.69) is 5.32 Å². The van der Waals surface area contributed by atoms with E-state index < -0.39 is 63.7 Å². The number of hydrogen-bond acceptors (Lipinski definition) is 6. The summed E-state index contributed by atoms with van der Waals surface area (Å²) in [5.41, 5.74) is -0.680. The molecule has 1 saturated heterocycles. The molecule has 1 aromatic heterocycles. The first-order chi connectivity index (χ1) is 20.5. The van der Waals surface area contributed by atoms with Crippen LogP contribution in [0.5, 0.6) is 0 Å². The molecule has 2 aliphatic rings. The molecule has 3 amide bonds. The Bertz CT molecular complexity index is 1840. The molecule has 3 heterocycles. The van der Waals surface area contributed by atoms with Gasteiger partial charge in [-0.3, -0.25) is 23.7 Å². The van der Waals surface area contributed by atoms with Crippen molar-refractivity contribution in [2.24, 2.45) is 5.92 Å². The zero-order chi connectivity index (χ0) is 30.6. The van der Waals surface area contributed by atoms with Crippen molar-refractivity contribution in [1.82, 2.24) is 4.57 Å². The van der Waals surface area contributed by atoms with Gasteiger partial charge in [-0.1, -0.05) is 88.8 Å². The standard InChI is InChI=1S/C29H18Cl2F3N3O4S2/c30-17-11-6-9-15(22(17)31)20-21-23(26(40)37(25(21)39)14-7-2-1-3-8-14)42-27-24(20)43-28(41)36(27)13-19(38)35-18-12-5-4-10-16(18)29(32,33)34/h1-12,20-21,23H,13H2,(H,35,38)/t20-,21?,23?/m1/s1. The van der Waals surface area contributed by atoms with Gasteiger partial charge >= 0.3 is 11.0 Å². The lowest BCUT2D eigenvalue weighted by atomic mass is 9.83. The number of nitrogens with zero attached hydrogens (tertiary/aromatic N) is 2. The lowest BCUT2D eigenvalue weighted by Crippen LogP contribution is -2.33. The molecule has 14 heteroatoms. The van der Waals surface area contributed by atoms with Crippen molar-refractivity contribution in [3.8, 4) is 0 Å². The predicted octanol–water partition coefficient (Wildman–Crippen LogP) is 6.67. The van der Waals surface area contributed by atoms with E-state index in [-0.39, 0.29) is 15.1 Å². The van der Waals surface area contributed by atoms with Crippen LogP contribution in [-0.2, 0) is 27.1 Å². The van der Waals surface area contributed by atoms with Gasteiger partial charge in [0.05, 0.1) is 37.9 Å². The number of para-hydroxylation sites is 2. The fourth-order valence-corrected chi connectivity index (χ4v) is 8.54. The van der Waals surface area contributed by atoms with Gasteiger partial charge in [0.25, 0.3) is 0 Å². The molecule has 2 aliphatic heterocycles. The van der Waals surface area contributed by atoms with Crippen LogP contribution in [0.2, 0.25) is 10.0 Å². The van der Waals surface area contributed by atoms with Crippen molar-refractivity contribution in [1.29, 1.82) is 0 Å². The largest absolute Gasteiger partial charge is 0.418 e. The average Bonchev–Trinajstić information content (AvgIpc) is 3.41. The number of rotatable bonds is 5. The van der Waals surface area contributed by atoms with Crippen LogP contribution in [-0.4, -0.2) is 27.5 Å². The number of amides is 3. The lowest BCUT2D eigenvalue weighted by molar-refractivity contribution is -0.137. The van der Waals surface area contributed by atoms with Crippen molar-refractivity contribution < 1.29 is 27.6 Å². The molecule has 3 aromatic carbocycles. The minimum Gasteiger partial charge on any atom is -0.324 e. The number of carbonyl (C=O) groups excluding carboxylic acids is 3. The van der Waals surface area contributed by atoms with Gasteiger partial charge in [0, 0.05) is 10.8 Å². The summed E-state index contributed by atoms with van der Waals surface area (Å²) in [5.74, 6) is -3.66. The molecule has 0 saturated carbocycles. The number of halogens is 5. The number of thiazole rings is 1. The Morgan fingerprint density at radius 2 is 1.60 bits per heavy atom. The Labute approximate surface area is 260 Å². The highest BCUT2D eigenvalue weighted by Gasteiger charge is 2.57. The molecule has 1 fully saturated rings. The van der Waals surface area contributed by atoms with Gasteiger partial charge in [0.2, 0.25) is 17.7 Å². The summed E-state index contributed by atoms with van der Waals surface area (Å²) < 4.78 is 41.6. The lowest BCUT2D eigenvalue weighted by Gasteiger charge is -2.31. The van der Waals surface area contributed by atoms with E-state index in [1.165, 1.54) is 12.1 Å². The number of carbonyl (C=O) groups is 3. The van der Waals surface area contributed by atoms with Gasteiger partial charge < -0.3 is 5.32 Å². The summed E-state index contributed by atoms with van der Waals surface area (Å²) in [6.45, 7) is -0.623. The minimum atomic E-state index is -4.71. The second kappa shape index (κ2) is 11.2. The summed E-state index contributed by atoms with van der Waals surface area (Å²) in [4.78, 5) is 54.9. The monoisotopic (exact) mass is 663 g/mol. The normalized spacial score (nSPS) is 19.7. The van der Waals surface area contributed by atoms with Crippen molar-refractivity contribution in [2.45, 2.75) is 28.9 Å². The highest BCUT2D eigenvalue weighted by molar-refractivity contribution is 8.00. The van der Waals surface area contributed by atoms with Crippen LogP contribution in [0.25, 0.3) is 0 Å². The molecule has 1 N–H and O–H groups in total. The molecule has 6 rings (SSSR count). The number of thioether (sulfide) groups is 1.